The van der Waals surface area contributed by atoms with Crippen LogP contribution in [0.4, 0.5) is 0 Å². The number of unbranched alkanes of at least 4 members (excludes halogenated alkanes) is 47. The van der Waals surface area contributed by atoms with Gasteiger partial charge in [-0.1, -0.05) is 363 Å². The zero-order valence-electron chi connectivity index (χ0n) is 64.1. The Morgan fingerprint density at radius 2 is 0.520 bits per heavy atom. The first-order valence-electron chi connectivity index (χ1n) is 41.0. The number of phosphoric acid groups is 2. The number of hydrogen-bond donors (Lipinski definition) is 3. The van der Waals surface area contributed by atoms with Gasteiger partial charge < -0.3 is 33.8 Å². The number of rotatable bonds is 78. The molecule has 0 bridgehead atoms. The molecule has 0 fully saturated rings. The van der Waals surface area contributed by atoms with E-state index in [0.717, 1.165) is 95.8 Å². The van der Waals surface area contributed by atoms with Crippen molar-refractivity contribution in [3.05, 3.63) is 0 Å². The second kappa shape index (κ2) is 70.7. The van der Waals surface area contributed by atoms with E-state index in [1.165, 1.54) is 231 Å². The zero-order valence-corrected chi connectivity index (χ0v) is 65.9. The summed E-state index contributed by atoms with van der Waals surface area (Å²) in [5, 5.41) is 10.6. The van der Waals surface area contributed by atoms with Gasteiger partial charge in [-0.3, -0.25) is 37.3 Å². The van der Waals surface area contributed by atoms with Crippen molar-refractivity contribution in [2.24, 2.45) is 11.8 Å². The summed E-state index contributed by atoms with van der Waals surface area (Å²) in [5.41, 5.74) is 0. The number of esters is 4. The van der Waals surface area contributed by atoms with Gasteiger partial charge in [-0.25, -0.2) is 9.13 Å². The summed E-state index contributed by atoms with van der Waals surface area (Å²) in [6, 6.07) is 0. The van der Waals surface area contributed by atoms with Gasteiger partial charge in [0.05, 0.1) is 26.4 Å². The Labute approximate surface area is 600 Å². The molecular weight excluding hydrogens is 1280 g/mol. The number of hydrogen-bond acceptors (Lipinski definition) is 15. The molecule has 19 heteroatoms. The number of carbonyl (C=O) groups is 4. The van der Waals surface area contributed by atoms with E-state index in [0.29, 0.717) is 31.6 Å². The highest BCUT2D eigenvalue weighted by atomic mass is 31.2. The van der Waals surface area contributed by atoms with Crippen molar-refractivity contribution >= 4 is 39.5 Å². The highest BCUT2D eigenvalue weighted by Crippen LogP contribution is 2.45. The van der Waals surface area contributed by atoms with Crippen LogP contribution in [0.3, 0.4) is 0 Å². The quantitative estimate of drug-likeness (QED) is 0.0222. The van der Waals surface area contributed by atoms with Crippen molar-refractivity contribution in [2.75, 3.05) is 39.6 Å². The van der Waals surface area contributed by atoms with E-state index in [9.17, 15) is 43.2 Å². The molecule has 0 aliphatic carbocycles. The van der Waals surface area contributed by atoms with Crippen LogP contribution < -0.4 is 0 Å². The lowest BCUT2D eigenvalue weighted by atomic mass is 9.99. The Hall–Kier alpha value is -1.94. The minimum atomic E-state index is -4.96. The van der Waals surface area contributed by atoms with E-state index < -0.39 is 97.5 Å². The number of aliphatic hydroxyl groups is 1. The summed E-state index contributed by atoms with van der Waals surface area (Å²) in [6.07, 6.45) is 60.0. The maximum absolute atomic E-state index is 13.1. The second-order valence-electron chi connectivity index (χ2n) is 29.2. The molecule has 0 aliphatic heterocycles. The molecule has 0 radical (unpaired) electrons. The SMILES string of the molecule is CCCCCCCCCCCCCCCCCCCCC(=O)OC[C@H](COP(=O)(O)OC[C@@H](O)COP(=O)(O)OC[C@@H](COC(=O)CCCCCCCCCCC)OC(=O)CCCCCCCCC(C)C)OC(=O)CCCCCCCCCCCCCCCCCCCCC(C)CC. The van der Waals surface area contributed by atoms with Crippen molar-refractivity contribution in [2.45, 2.75) is 432 Å². The van der Waals surface area contributed by atoms with Crippen LogP contribution in [-0.2, 0) is 65.4 Å². The molecule has 0 aromatic carbocycles. The monoisotopic (exact) mass is 1440 g/mol. The third-order valence-electron chi connectivity index (χ3n) is 18.8. The van der Waals surface area contributed by atoms with Crippen LogP contribution in [0, 0.1) is 11.8 Å². The van der Waals surface area contributed by atoms with Gasteiger partial charge in [0.15, 0.2) is 12.2 Å². The van der Waals surface area contributed by atoms with Gasteiger partial charge in [-0.05, 0) is 37.5 Å². The molecule has 3 unspecified atom stereocenters. The lowest BCUT2D eigenvalue weighted by Gasteiger charge is -2.21. The van der Waals surface area contributed by atoms with E-state index in [4.69, 9.17) is 37.0 Å². The van der Waals surface area contributed by atoms with Gasteiger partial charge in [0.25, 0.3) is 0 Å². The highest BCUT2D eigenvalue weighted by Gasteiger charge is 2.30. The summed E-state index contributed by atoms with van der Waals surface area (Å²) in [6.45, 7) is 9.57. The standard InChI is InChI=1S/C79H154O17P2/c1-7-10-12-14-16-18-19-20-21-22-26-29-32-35-39-43-50-56-62-77(82)90-67-74(95-78(83)63-57-51-44-40-36-33-30-27-24-23-25-28-31-34-38-41-48-54-60-72(6)9-3)69-93-97(85,86)91-65-73(80)66-92-98(87,88)94-70-75(96-79(84)64-58-52-46-45-47-53-59-71(4)5)68-89-76(81)61-55-49-42-37-17-15-13-11-8-2/h71-75,80H,7-70H2,1-6H3,(H,85,86)(H,87,88)/t72?,73-,74-,75-/m1/s1. The molecule has 17 nitrogen and oxygen atoms in total. The molecule has 0 aliphatic rings. The lowest BCUT2D eigenvalue weighted by molar-refractivity contribution is -0.161. The fraction of sp³-hybridized carbons (Fsp3) is 0.949. The Morgan fingerprint density at radius 1 is 0.296 bits per heavy atom. The van der Waals surface area contributed by atoms with Crippen LogP contribution >= 0.6 is 15.6 Å². The third-order valence-corrected chi connectivity index (χ3v) is 20.7. The summed E-state index contributed by atoms with van der Waals surface area (Å²) in [4.78, 5) is 72.8. The molecule has 0 aromatic rings. The third kappa shape index (κ3) is 71.1. The van der Waals surface area contributed by atoms with Crippen LogP contribution in [0.25, 0.3) is 0 Å². The van der Waals surface area contributed by atoms with Gasteiger partial charge in [-0.2, -0.15) is 0 Å². The van der Waals surface area contributed by atoms with Gasteiger partial charge in [0.1, 0.15) is 19.3 Å². The maximum Gasteiger partial charge on any atom is 0.472 e. The van der Waals surface area contributed by atoms with Gasteiger partial charge in [0, 0.05) is 25.7 Å². The number of aliphatic hydroxyl groups excluding tert-OH is 1. The molecule has 0 heterocycles. The molecule has 98 heavy (non-hydrogen) atoms. The first kappa shape index (κ1) is 96.1. The largest absolute Gasteiger partial charge is 0.472 e. The van der Waals surface area contributed by atoms with E-state index in [-0.39, 0.29) is 25.7 Å². The molecular formula is C79H154O17P2. The Morgan fingerprint density at radius 3 is 0.776 bits per heavy atom. The van der Waals surface area contributed by atoms with Crippen molar-refractivity contribution in [3.63, 3.8) is 0 Å². The van der Waals surface area contributed by atoms with E-state index in [1.54, 1.807) is 0 Å². The molecule has 0 saturated carbocycles. The Balaban J connectivity index is 5.16. The fourth-order valence-corrected chi connectivity index (χ4v) is 13.7. The van der Waals surface area contributed by atoms with Crippen LogP contribution in [0.2, 0.25) is 0 Å². The minimum Gasteiger partial charge on any atom is -0.462 e. The van der Waals surface area contributed by atoms with Gasteiger partial charge in [0.2, 0.25) is 0 Å². The van der Waals surface area contributed by atoms with Crippen LogP contribution in [0.15, 0.2) is 0 Å². The summed E-state index contributed by atoms with van der Waals surface area (Å²) in [7, 11) is -9.91. The van der Waals surface area contributed by atoms with E-state index in [2.05, 4.69) is 41.5 Å². The van der Waals surface area contributed by atoms with E-state index in [1.807, 2.05) is 0 Å². The average molecular weight is 1440 g/mol. The highest BCUT2D eigenvalue weighted by molar-refractivity contribution is 7.47. The topological polar surface area (TPSA) is 237 Å². The molecule has 3 N–H and O–H groups in total. The van der Waals surface area contributed by atoms with Crippen molar-refractivity contribution in [1.82, 2.24) is 0 Å². The minimum absolute atomic E-state index is 0.102. The average Bonchev–Trinajstić information content (AvgIpc) is 1.09. The van der Waals surface area contributed by atoms with Crippen LogP contribution in [-0.4, -0.2) is 96.7 Å². The number of phosphoric ester groups is 2. The lowest BCUT2D eigenvalue weighted by Crippen LogP contribution is -2.30. The summed E-state index contributed by atoms with van der Waals surface area (Å²) in [5.74, 6) is -0.578. The normalized spacial score (nSPS) is 14.2. The Kier molecular flexibility index (Phi) is 69.3. The predicted molar refractivity (Wildman–Crippen MR) is 400 cm³/mol. The predicted octanol–water partition coefficient (Wildman–Crippen LogP) is 23.5. The summed E-state index contributed by atoms with van der Waals surface area (Å²) >= 11 is 0. The number of ether oxygens (including phenoxy) is 4. The summed E-state index contributed by atoms with van der Waals surface area (Å²) < 4.78 is 68.5. The van der Waals surface area contributed by atoms with Crippen LogP contribution in [0.5, 0.6) is 0 Å². The fourth-order valence-electron chi connectivity index (χ4n) is 12.2. The van der Waals surface area contributed by atoms with Crippen LogP contribution in [0.1, 0.15) is 414 Å². The first-order chi connectivity index (χ1) is 47.4. The molecule has 582 valence electrons. The Bertz CT molecular complexity index is 1890. The molecule has 0 amide bonds. The van der Waals surface area contributed by atoms with E-state index >= 15 is 0 Å². The van der Waals surface area contributed by atoms with Gasteiger partial charge >= 0.3 is 39.5 Å². The van der Waals surface area contributed by atoms with Crippen molar-refractivity contribution < 1.29 is 80.2 Å². The van der Waals surface area contributed by atoms with Gasteiger partial charge in [-0.15, -0.1) is 0 Å². The number of carbonyl (C=O) groups excluding carboxylic acids is 4. The zero-order chi connectivity index (χ0) is 72.1. The molecule has 0 rings (SSSR count). The van der Waals surface area contributed by atoms with Crippen molar-refractivity contribution in [1.29, 1.82) is 0 Å². The molecule has 0 saturated heterocycles. The maximum atomic E-state index is 13.1. The molecule has 0 spiro atoms. The second-order valence-corrected chi connectivity index (χ2v) is 32.1. The first-order valence-corrected chi connectivity index (χ1v) is 44.0. The molecule has 6 atom stereocenters. The van der Waals surface area contributed by atoms with Crippen molar-refractivity contribution in [3.8, 4) is 0 Å². The molecule has 0 aromatic heterocycles. The smallest absolute Gasteiger partial charge is 0.462 e.